The molecule has 0 N–H and O–H groups in total. The van der Waals surface area contributed by atoms with Gasteiger partial charge in [0.15, 0.2) is 0 Å². The maximum absolute atomic E-state index is 12.4. The summed E-state index contributed by atoms with van der Waals surface area (Å²) in [6, 6.07) is 1.90. The van der Waals surface area contributed by atoms with E-state index in [1.807, 2.05) is 0 Å². The molecule has 80 valence electrons. The predicted octanol–water partition coefficient (Wildman–Crippen LogP) is 3.25. The summed E-state index contributed by atoms with van der Waals surface area (Å²) < 4.78 is 38.8. The van der Waals surface area contributed by atoms with E-state index in [0.717, 1.165) is 12.1 Å². The predicted molar refractivity (Wildman–Crippen MR) is 50.7 cm³/mol. The van der Waals surface area contributed by atoms with Crippen molar-refractivity contribution in [3.8, 4) is 0 Å². The minimum atomic E-state index is -4.39. The van der Waals surface area contributed by atoms with E-state index in [4.69, 9.17) is 11.6 Å². The van der Waals surface area contributed by atoms with E-state index in [1.54, 1.807) is 11.6 Å². The molecule has 1 aromatic heterocycles. The Bertz CT molecular complexity index is 516. The highest BCUT2D eigenvalue weighted by Gasteiger charge is 2.31. The van der Waals surface area contributed by atoms with Gasteiger partial charge >= 0.3 is 6.18 Å². The second-order valence-corrected chi connectivity index (χ2v) is 3.59. The lowest BCUT2D eigenvalue weighted by molar-refractivity contribution is -0.137. The quantitative estimate of drug-likeness (QED) is 0.684. The fourth-order valence-corrected chi connectivity index (χ4v) is 1.75. The van der Waals surface area contributed by atoms with Gasteiger partial charge in [-0.25, -0.2) is 4.98 Å². The summed E-state index contributed by atoms with van der Waals surface area (Å²) in [7, 11) is 1.68. The topological polar surface area (TPSA) is 17.8 Å². The fraction of sp³-hybridized carbons (Fsp3) is 0.222. The normalized spacial score (nSPS) is 12.3. The summed E-state index contributed by atoms with van der Waals surface area (Å²) in [6.45, 7) is 0. The van der Waals surface area contributed by atoms with Crippen LogP contribution in [0.3, 0.4) is 0 Å². The first-order valence-corrected chi connectivity index (χ1v) is 4.45. The molecule has 0 aliphatic carbocycles. The Balaban J connectivity index is 2.74. The highest BCUT2D eigenvalue weighted by molar-refractivity contribution is 6.35. The van der Waals surface area contributed by atoms with Crippen molar-refractivity contribution < 1.29 is 13.2 Å². The van der Waals surface area contributed by atoms with Crippen LogP contribution in [-0.4, -0.2) is 9.55 Å². The molecule has 1 heterocycles. The van der Waals surface area contributed by atoms with E-state index >= 15 is 0 Å². The van der Waals surface area contributed by atoms with Crippen LogP contribution in [0.1, 0.15) is 5.56 Å². The molecule has 2 rings (SSSR count). The molecule has 15 heavy (non-hydrogen) atoms. The zero-order valence-corrected chi connectivity index (χ0v) is 8.39. The van der Waals surface area contributed by atoms with Crippen molar-refractivity contribution in [3.05, 3.63) is 29.0 Å². The first kappa shape index (κ1) is 10.3. The van der Waals surface area contributed by atoms with Crippen molar-refractivity contribution in [2.24, 2.45) is 7.05 Å². The lowest BCUT2D eigenvalue weighted by Crippen LogP contribution is -2.04. The van der Waals surface area contributed by atoms with Gasteiger partial charge in [-0.15, -0.1) is 0 Å². The minimum Gasteiger partial charge on any atom is -0.333 e. The maximum Gasteiger partial charge on any atom is 0.416 e. The third kappa shape index (κ3) is 1.67. The van der Waals surface area contributed by atoms with E-state index < -0.39 is 11.7 Å². The van der Waals surface area contributed by atoms with Crippen molar-refractivity contribution in [1.82, 2.24) is 9.55 Å². The van der Waals surface area contributed by atoms with Crippen molar-refractivity contribution in [2.75, 3.05) is 0 Å². The number of benzene rings is 1. The number of aryl methyl sites for hydroxylation is 1. The van der Waals surface area contributed by atoms with Crippen LogP contribution in [0.2, 0.25) is 5.02 Å². The highest BCUT2D eigenvalue weighted by atomic mass is 35.5. The van der Waals surface area contributed by atoms with Crippen LogP contribution < -0.4 is 0 Å². The molecule has 0 spiro atoms. The van der Waals surface area contributed by atoms with Crippen LogP contribution in [0.15, 0.2) is 18.5 Å². The van der Waals surface area contributed by atoms with E-state index in [2.05, 4.69) is 4.98 Å². The Labute approximate surface area is 88.3 Å². The van der Waals surface area contributed by atoms with Gasteiger partial charge in [-0.1, -0.05) is 11.6 Å². The molecule has 0 unspecified atom stereocenters. The molecule has 0 amide bonds. The second kappa shape index (κ2) is 3.13. The van der Waals surface area contributed by atoms with Crippen molar-refractivity contribution in [3.63, 3.8) is 0 Å². The molecular weight excluding hydrogens is 229 g/mol. The molecule has 0 fully saturated rings. The number of fused-ring (bicyclic) bond motifs is 1. The second-order valence-electron chi connectivity index (χ2n) is 3.18. The molecule has 0 radical (unpaired) electrons. The summed E-state index contributed by atoms with van der Waals surface area (Å²) in [5.41, 5.74) is -0.0271. The number of rotatable bonds is 0. The van der Waals surface area contributed by atoms with Crippen LogP contribution in [0, 0.1) is 0 Å². The summed E-state index contributed by atoms with van der Waals surface area (Å²) >= 11 is 5.75. The van der Waals surface area contributed by atoms with E-state index in [-0.39, 0.29) is 10.5 Å². The van der Waals surface area contributed by atoms with Crippen molar-refractivity contribution in [1.29, 1.82) is 0 Å². The van der Waals surface area contributed by atoms with Crippen molar-refractivity contribution in [2.45, 2.75) is 6.18 Å². The first-order chi connectivity index (χ1) is 6.89. The van der Waals surface area contributed by atoms with E-state index in [1.165, 1.54) is 6.33 Å². The number of alkyl halides is 3. The Morgan fingerprint density at radius 1 is 1.33 bits per heavy atom. The van der Waals surface area contributed by atoms with Gasteiger partial charge in [0.25, 0.3) is 0 Å². The standard InChI is InChI=1S/C9H6ClF3N2/c1-15-4-14-7-3-5(9(11,12)13)2-6(10)8(7)15/h2-4H,1H3. The molecule has 0 saturated carbocycles. The number of halogens is 4. The Kier molecular flexibility index (Phi) is 2.15. The lowest BCUT2D eigenvalue weighted by atomic mass is 10.2. The molecule has 2 aromatic rings. The molecule has 0 saturated heterocycles. The average Bonchev–Trinajstić information content (AvgIpc) is 2.46. The van der Waals surface area contributed by atoms with Crippen LogP contribution in [0.25, 0.3) is 11.0 Å². The van der Waals surface area contributed by atoms with Gasteiger partial charge in [0, 0.05) is 7.05 Å². The lowest BCUT2D eigenvalue weighted by Gasteiger charge is -2.07. The molecule has 2 nitrogen and oxygen atoms in total. The summed E-state index contributed by atoms with van der Waals surface area (Å²) in [4.78, 5) is 3.83. The smallest absolute Gasteiger partial charge is 0.333 e. The zero-order valence-electron chi connectivity index (χ0n) is 7.64. The number of nitrogens with zero attached hydrogens (tertiary/aromatic N) is 2. The van der Waals surface area contributed by atoms with Gasteiger partial charge < -0.3 is 4.57 Å². The molecular formula is C9H6ClF3N2. The molecule has 0 bridgehead atoms. The van der Waals surface area contributed by atoms with Gasteiger partial charge in [0.1, 0.15) is 0 Å². The van der Waals surface area contributed by atoms with E-state index in [9.17, 15) is 13.2 Å². The number of hydrogen-bond donors (Lipinski definition) is 0. The first-order valence-electron chi connectivity index (χ1n) is 4.07. The third-order valence-corrected chi connectivity index (χ3v) is 2.38. The average molecular weight is 235 g/mol. The maximum atomic E-state index is 12.4. The van der Waals surface area contributed by atoms with Gasteiger partial charge in [-0.2, -0.15) is 13.2 Å². The number of hydrogen-bond acceptors (Lipinski definition) is 1. The SMILES string of the molecule is Cn1cnc2cc(C(F)(F)F)cc(Cl)c21. The summed E-state index contributed by atoms with van der Waals surface area (Å²) in [6.07, 6.45) is -2.97. The van der Waals surface area contributed by atoms with Gasteiger partial charge in [-0.05, 0) is 12.1 Å². The highest BCUT2D eigenvalue weighted by Crippen LogP contribution is 2.34. The van der Waals surface area contributed by atoms with Gasteiger partial charge in [0.2, 0.25) is 0 Å². The van der Waals surface area contributed by atoms with E-state index in [0.29, 0.717) is 5.52 Å². The monoisotopic (exact) mass is 234 g/mol. The molecule has 1 aromatic carbocycles. The Hall–Kier alpha value is -1.23. The minimum absolute atomic E-state index is 0.0554. The molecule has 0 aliphatic rings. The molecule has 0 atom stereocenters. The Morgan fingerprint density at radius 2 is 2.00 bits per heavy atom. The molecule has 6 heteroatoms. The van der Waals surface area contributed by atoms with Crippen LogP contribution in [0.4, 0.5) is 13.2 Å². The van der Waals surface area contributed by atoms with Crippen LogP contribution in [0.5, 0.6) is 0 Å². The third-order valence-electron chi connectivity index (χ3n) is 2.09. The van der Waals surface area contributed by atoms with Gasteiger partial charge in [-0.3, -0.25) is 0 Å². The van der Waals surface area contributed by atoms with Crippen LogP contribution >= 0.6 is 11.6 Å². The Morgan fingerprint density at radius 3 is 2.60 bits per heavy atom. The largest absolute Gasteiger partial charge is 0.416 e. The summed E-state index contributed by atoms with van der Waals surface area (Å²) in [5, 5.41) is 0.0554. The fourth-order valence-electron chi connectivity index (χ4n) is 1.40. The van der Waals surface area contributed by atoms with Crippen LogP contribution in [-0.2, 0) is 13.2 Å². The van der Waals surface area contributed by atoms with Crippen molar-refractivity contribution >= 4 is 22.6 Å². The number of aromatic nitrogens is 2. The van der Waals surface area contributed by atoms with Gasteiger partial charge in [0.05, 0.1) is 27.9 Å². The summed E-state index contributed by atoms with van der Waals surface area (Å²) in [5.74, 6) is 0. The number of imidazole rings is 1. The zero-order chi connectivity index (χ0) is 11.2. The molecule has 0 aliphatic heterocycles.